The van der Waals surface area contributed by atoms with Gasteiger partial charge in [-0.25, -0.2) is 0 Å². The lowest BCUT2D eigenvalue weighted by Crippen LogP contribution is -2.16. The number of hydrogen-bond acceptors (Lipinski definition) is 4. The van der Waals surface area contributed by atoms with Gasteiger partial charge in [-0.2, -0.15) is 0 Å². The number of rotatable bonds is 7. The Kier molecular flexibility index (Phi) is 6.76. The van der Waals surface area contributed by atoms with Crippen LogP contribution in [0.25, 0.3) is 0 Å². The molecule has 0 amide bonds. The molecule has 2 unspecified atom stereocenters. The molecular formula is C14H24O4. The zero-order valence-corrected chi connectivity index (χ0v) is 11.4. The van der Waals surface area contributed by atoms with Crippen molar-refractivity contribution in [1.82, 2.24) is 0 Å². The summed E-state index contributed by atoms with van der Waals surface area (Å²) in [6.07, 6.45) is 5.15. The lowest BCUT2D eigenvalue weighted by molar-refractivity contribution is -0.144. The molecule has 1 fully saturated rings. The van der Waals surface area contributed by atoms with Gasteiger partial charge in [-0.15, -0.1) is 0 Å². The molecule has 4 heteroatoms. The maximum atomic E-state index is 11.5. The first-order valence-electron chi connectivity index (χ1n) is 6.98. The van der Waals surface area contributed by atoms with Crippen molar-refractivity contribution in [3.63, 3.8) is 0 Å². The summed E-state index contributed by atoms with van der Waals surface area (Å²) in [6, 6.07) is 0. The normalized spacial score (nSPS) is 22.8. The van der Waals surface area contributed by atoms with Crippen LogP contribution in [0.15, 0.2) is 0 Å². The average Bonchev–Trinajstić information content (AvgIpc) is 2.74. The molecule has 1 rings (SSSR count). The number of hydrogen-bond donors (Lipinski definition) is 0. The fraction of sp³-hybridized carbons (Fsp3) is 0.857. The van der Waals surface area contributed by atoms with Crippen molar-refractivity contribution in [2.45, 2.75) is 52.4 Å². The van der Waals surface area contributed by atoms with Gasteiger partial charge in [0.2, 0.25) is 0 Å². The number of ether oxygens (including phenoxy) is 2. The Morgan fingerprint density at radius 2 is 1.61 bits per heavy atom. The molecule has 4 nitrogen and oxygen atoms in total. The minimum absolute atomic E-state index is 0.106. The molecule has 0 aliphatic heterocycles. The van der Waals surface area contributed by atoms with Crippen LogP contribution in [0.2, 0.25) is 0 Å². The van der Waals surface area contributed by atoms with E-state index < -0.39 is 0 Å². The largest absolute Gasteiger partial charge is 0.466 e. The van der Waals surface area contributed by atoms with E-state index in [1.165, 1.54) is 0 Å². The molecule has 0 aromatic rings. The van der Waals surface area contributed by atoms with Crippen LogP contribution in [-0.4, -0.2) is 25.2 Å². The van der Waals surface area contributed by atoms with Crippen molar-refractivity contribution in [3.05, 3.63) is 0 Å². The number of carbonyl (C=O) groups is 2. The van der Waals surface area contributed by atoms with Crippen LogP contribution in [0.1, 0.15) is 52.4 Å². The van der Waals surface area contributed by atoms with Gasteiger partial charge in [-0.1, -0.05) is 12.8 Å². The highest BCUT2D eigenvalue weighted by molar-refractivity contribution is 5.70. The summed E-state index contributed by atoms with van der Waals surface area (Å²) in [5, 5.41) is 0. The van der Waals surface area contributed by atoms with Gasteiger partial charge in [-0.05, 0) is 38.5 Å². The molecule has 2 atom stereocenters. The molecule has 0 aromatic carbocycles. The monoisotopic (exact) mass is 256 g/mol. The van der Waals surface area contributed by atoms with E-state index in [1.807, 2.05) is 13.8 Å². The van der Waals surface area contributed by atoms with Crippen LogP contribution >= 0.6 is 0 Å². The van der Waals surface area contributed by atoms with E-state index >= 15 is 0 Å². The van der Waals surface area contributed by atoms with Crippen LogP contribution < -0.4 is 0 Å². The first-order valence-corrected chi connectivity index (χ1v) is 6.98. The maximum Gasteiger partial charge on any atom is 0.306 e. The zero-order chi connectivity index (χ0) is 13.4. The van der Waals surface area contributed by atoms with Gasteiger partial charge < -0.3 is 9.47 Å². The second-order valence-corrected chi connectivity index (χ2v) is 4.80. The quantitative estimate of drug-likeness (QED) is 0.657. The highest BCUT2D eigenvalue weighted by atomic mass is 16.5. The Labute approximate surface area is 109 Å². The van der Waals surface area contributed by atoms with Gasteiger partial charge in [0, 0.05) is 12.8 Å². The minimum atomic E-state index is -0.126. The van der Waals surface area contributed by atoms with E-state index in [1.54, 1.807) is 0 Å². The molecule has 0 radical (unpaired) electrons. The van der Waals surface area contributed by atoms with Gasteiger partial charge >= 0.3 is 11.9 Å². The van der Waals surface area contributed by atoms with E-state index in [9.17, 15) is 9.59 Å². The van der Waals surface area contributed by atoms with E-state index in [4.69, 9.17) is 9.47 Å². The number of esters is 2. The summed E-state index contributed by atoms with van der Waals surface area (Å²) in [6.45, 7) is 4.52. The fourth-order valence-electron chi connectivity index (χ4n) is 2.73. The SMILES string of the molecule is CCOC(=O)CCC1CCCC1CC(=O)OCC. The van der Waals surface area contributed by atoms with Gasteiger partial charge in [-0.3, -0.25) is 9.59 Å². The van der Waals surface area contributed by atoms with Gasteiger partial charge in [0.05, 0.1) is 13.2 Å². The molecule has 0 bridgehead atoms. The fourth-order valence-corrected chi connectivity index (χ4v) is 2.73. The molecule has 0 N–H and O–H groups in total. The van der Waals surface area contributed by atoms with Gasteiger partial charge in [0.15, 0.2) is 0 Å². The van der Waals surface area contributed by atoms with E-state index in [2.05, 4.69) is 0 Å². The summed E-state index contributed by atoms with van der Waals surface area (Å²) in [5.41, 5.74) is 0. The predicted molar refractivity (Wildman–Crippen MR) is 67.9 cm³/mol. The molecule has 0 aromatic heterocycles. The summed E-state index contributed by atoms with van der Waals surface area (Å²) in [7, 11) is 0. The Morgan fingerprint density at radius 1 is 1.00 bits per heavy atom. The van der Waals surface area contributed by atoms with E-state index in [0.29, 0.717) is 37.9 Å². The highest BCUT2D eigenvalue weighted by Crippen LogP contribution is 2.37. The van der Waals surface area contributed by atoms with Crippen molar-refractivity contribution >= 4 is 11.9 Å². The summed E-state index contributed by atoms with van der Waals surface area (Å²) >= 11 is 0. The molecule has 0 spiro atoms. The van der Waals surface area contributed by atoms with Crippen molar-refractivity contribution < 1.29 is 19.1 Å². The van der Waals surface area contributed by atoms with Crippen LogP contribution in [-0.2, 0) is 19.1 Å². The van der Waals surface area contributed by atoms with Crippen molar-refractivity contribution in [2.24, 2.45) is 11.8 Å². The summed E-state index contributed by atoms with van der Waals surface area (Å²) in [4.78, 5) is 22.8. The first-order chi connectivity index (χ1) is 8.67. The molecule has 104 valence electrons. The van der Waals surface area contributed by atoms with Crippen LogP contribution in [0.5, 0.6) is 0 Å². The molecule has 0 saturated heterocycles. The first kappa shape index (κ1) is 15.0. The summed E-state index contributed by atoms with van der Waals surface area (Å²) < 4.78 is 9.91. The Balaban J connectivity index is 2.30. The minimum Gasteiger partial charge on any atom is -0.466 e. The third-order valence-corrected chi connectivity index (χ3v) is 3.58. The second kappa shape index (κ2) is 8.11. The Hall–Kier alpha value is -1.06. The third-order valence-electron chi connectivity index (χ3n) is 3.58. The van der Waals surface area contributed by atoms with Crippen molar-refractivity contribution in [1.29, 1.82) is 0 Å². The zero-order valence-electron chi connectivity index (χ0n) is 11.4. The summed E-state index contributed by atoms with van der Waals surface area (Å²) in [5.74, 6) is 0.627. The molecule has 1 aliphatic carbocycles. The predicted octanol–water partition coefficient (Wildman–Crippen LogP) is 2.70. The molecule has 1 saturated carbocycles. The highest BCUT2D eigenvalue weighted by Gasteiger charge is 2.29. The lowest BCUT2D eigenvalue weighted by Gasteiger charge is -2.18. The Morgan fingerprint density at radius 3 is 2.28 bits per heavy atom. The van der Waals surface area contributed by atoms with Crippen LogP contribution in [0.3, 0.4) is 0 Å². The van der Waals surface area contributed by atoms with E-state index in [0.717, 1.165) is 25.7 Å². The van der Waals surface area contributed by atoms with Crippen molar-refractivity contribution in [3.8, 4) is 0 Å². The standard InChI is InChI=1S/C14H24O4/c1-3-17-13(15)9-8-11-6-5-7-12(11)10-14(16)18-4-2/h11-12H,3-10H2,1-2H3. The average molecular weight is 256 g/mol. The third kappa shape index (κ3) is 5.07. The Bertz CT molecular complexity index is 275. The molecule has 1 aliphatic rings. The van der Waals surface area contributed by atoms with Gasteiger partial charge in [0.1, 0.15) is 0 Å². The molecule has 18 heavy (non-hydrogen) atoms. The smallest absolute Gasteiger partial charge is 0.306 e. The van der Waals surface area contributed by atoms with Gasteiger partial charge in [0.25, 0.3) is 0 Å². The molecule has 0 heterocycles. The topological polar surface area (TPSA) is 52.6 Å². The lowest BCUT2D eigenvalue weighted by atomic mass is 9.89. The maximum absolute atomic E-state index is 11.5. The van der Waals surface area contributed by atoms with Crippen molar-refractivity contribution in [2.75, 3.05) is 13.2 Å². The van der Waals surface area contributed by atoms with Crippen LogP contribution in [0, 0.1) is 11.8 Å². The van der Waals surface area contributed by atoms with Crippen LogP contribution in [0.4, 0.5) is 0 Å². The molecular weight excluding hydrogens is 232 g/mol. The number of carbonyl (C=O) groups excluding carboxylic acids is 2. The van der Waals surface area contributed by atoms with E-state index in [-0.39, 0.29) is 11.9 Å². The second-order valence-electron chi connectivity index (χ2n) is 4.80.